The first-order valence-electron chi connectivity index (χ1n) is 7.09. The third-order valence-electron chi connectivity index (χ3n) is 3.32. The Balaban J connectivity index is 2.13. The van der Waals surface area contributed by atoms with Crippen LogP contribution in [0, 0.1) is 6.92 Å². The van der Waals surface area contributed by atoms with Crippen LogP contribution in [0.2, 0.25) is 0 Å². The van der Waals surface area contributed by atoms with Gasteiger partial charge in [0.2, 0.25) is 5.91 Å². The maximum Gasteiger partial charge on any atom is 0.239 e. The van der Waals surface area contributed by atoms with Crippen LogP contribution in [-0.4, -0.2) is 11.4 Å². The van der Waals surface area contributed by atoms with Gasteiger partial charge in [-0.1, -0.05) is 48.0 Å². The van der Waals surface area contributed by atoms with Gasteiger partial charge in [0.15, 0.2) is 0 Å². The lowest BCUT2D eigenvalue weighted by Gasteiger charge is -2.18. The van der Waals surface area contributed by atoms with Crippen LogP contribution >= 0.6 is 0 Å². The van der Waals surface area contributed by atoms with Crippen molar-refractivity contribution in [1.29, 1.82) is 0 Å². The molecule has 0 aromatic heterocycles. The third-order valence-corrected chi connectivity index (χ3v) is 3.32. The fourth-order valence-corrected chi connectivity index (χ4v) is 2.10. The summed E-state index contributed by atoms with van der Waals surface area (Å²) in [6.07, 6.45) is 0. The molecule has 0 fully saturated rings. The number of nitrogens with one attached hydrogen (secondary N) is 1. The molecule has 0 radical (unpaired) electrons. The van der Waals surface area contributed by atoms with Crippen LogP contribution in [-0.2, 0) is 11.3 Å². The zero-order chi connectivity index (χ0) is 15.5. The van der Waals surface area contributed by atoms with Crippen LogP contribution in [0.1, 0.15) is 25.0 Å². The summed E-state index contributed by atoms with van der Waals surface area (Å²) in [6, 6.07) is 16.6. The lowest BCUT2D eigenvalue weighted by molar-refractivity contribution is -0.125. The highest BCUT2D eigenvalue weighted by atomic mass is 16.2. The van der Waals surface area contributed by atoms with E-state index >= 15 is 0 Å². The van der Waals surface area contributed by atoms with E-state index in [1.807, 2.05) is 12.1 Å². The minimum Gasteiger partial charge on any atom is -0.350 e. The van der Waals surface area contributed by atoms with Crippen molar-refractivity contribution < 1.29 is 4.79 Å². The molecule has 1 amide bonds. The first kappa shape index (κ1) is 15.3. The summed E-state index contributed by atoms with van der Waals surface area (Å²) >= 11 is 0. The van der Waals surface area contributed by atoms with Gasteiger partial charge in [0, 0.05) is 6.54 Å². The van der Waals surface area contributed by atoms with Gasteiger partial charge >= 0.3 is 0 Å². The Hall–Kier alpha value is -2.13. The molecule has 0 saturated carbocycles. The molecule has 3 nitrogen and oxygen atoms in total. The molecule has 110 valence electrons. The Morgan fingerprint density at radius 3 is 2.33 bits per heavy atom. The van der Waals surface area contributed by atoms with E-state index in [4.69, 9.17) is 5.73 Å². The van der Waals surface area contributed by atoms with Gasteiger partial charge in [-0.2, -0.15) is 0 Å². The largest absolute Gasteiger partial charge is 0.350 e. The number of benzene rings is 2. The molecule has 2 rings (SSSR count). The molecule has 2 aromatic rings. The van der Waals surface area contributed by atoms with E-state index in [1.165, 1.54) is 11.1 Å². The average molecular weight is 282 g/mol. The fraction of sp³-hybridized carbons (Fsp3) is 0.278. The zero-order valence-corrected chi connectivity index (χ0v) is 12.8. The monoisotopic (exact) mass is 282 g/mol. The van der Waals surface area contributed by atoms with Crippen LogP contribution < -0.4 is 11.1 Å². The average Bonchev–Trinajstić information content (AvgIpc) is 2.44. The van der Waals surface area contributed by atoms with Gasteiger partial charge in [0.05, 0.1) is 5.54 Å². The van der Waals surface area contributed by atoms with Crippen molar-refractivity contribution in [3.8, 4) is 11.1 Å². The van der Waals surface area contributed by atoms with Crippen LogP contribution in [0.3, 0.4) is 0 Å². The standard InChI is InChI=1S/C18H22N2O/c1-13-6-4-8-15(10-13)16-9-5-7-14(11-16)12-20-17(21)18(2,3)19/h4-11H,12,19H2,1-3H3,(H,20,21). The van der Waals surface area contributed by atoms with Gasteiger partial charge in [-0.05, 0) is 43.5 Å². The van der Waals surface area contributed by atoms with Crippen molar-refractivity contribution in [3.63, 3.8) is 0 Å². The van der Waals surface area contributed by atoms with Gasteiger partial charge in [0.1, 0.15) is 0 Å². The van der Waals surface area contributed by atoms with E-state index in [0.717, 1.165) is 11.1 Å². The van der Waals surface area contributed by atoms with Crippen molar-refractivity contribution in [2.24, 2.45) is 5.73 Å². The first-order chi connectivity index (χ1) is 9.86. The molecule has 0 aliphatic carbocycles. The van der Waals surface area contributed by atoms with Gasteiger partial charge in [-0.15, -0.1) is 0 Å². The minimum atomic E-state index is -0.853. The van der Waals surface area contributed by atoms with E-state index in [2.05, 4.69) is 48.6 Å². The Bertz CT molecular complexity index is 642. The van der Waals surface area contributed by atoms with Crippen molar-refractivity contribution in [3.05, 3.63) is 59.7 Å². The quantitative estimate of drug-likeness (QED) is 0.905. The molecule has 2 aromatic carbocycles. The predicted octanol–water partition coefficient (Wildman–Crippen LogP) is 3.02. The molecule has 0 aliphatic heterocycles. The summed E-state index contributed by atoms with van der Waals surface area (Å²) in [5, 5.41) is 2.87. The molecule has 3 heteroatoms. The van der Waals surface area contributed by atoms with E-state index in [1.54, 1.807) is 13.8 Å². The summed E-state index contributed by atoms with van der Waals surface area (Å²) in [4.78, 5) is 11.8. The van der Waals surface area contributed by atoms with Crippen molar-refractivity contribution in [2.75, 3.05) is 0 Å². The summed E-state index contributed by atoms with van der Waals surface area (Å²) in [5.74, 6) is -0.150. The molecule has 0 unspecified atom stereocenters. The molecule has 21 heavy (non-hydrogen) atoms. The Morgan fingerprint density at radius 1 is 1.10 bits per heavy atom. The lowest BCUT2D eigenvalue weighted by atomic mass is 10.0. The highest BCUT2D eigenvalue weighted by Crippen LogP contribution is 2.21. The third kappa shape index (κ3) is 4.17. The number of rotatable bonds is 4. The van der Waals surface area contributed by atoms with E-state index in [9.17, 15) is 4.79 Å². The Labute approximate surface area is 126 Å². The number of aryl methyl sites for hydroxylation is 1. The van der Waals surface area contributed by atoms with Crippen LogP contribution in [0.25, 0.3) is 11.1 Å². The van der Waals surface area contributed by atoms with Gasteiger partial charge in [-0.3, -0.25) is 4.79 Å². The van der Waals surface area contributed by atoms with Crippen LogP contribution in [0.4, 0.5) is 0 Å². The summed E-state index contributed by atoms with van der Waals surface area (Å²) in [5.41, 5.74) is 9.54. The van der Waals surface area contributed by atoms with Gasteiger partial charge < -0.3 is 11.1 Å². The Morgan fingerprint density at radius 2 is 1.71 bits per heavy atom. The number of carbonyl (C=O) groups excluding carboxylic acids is 1. The minimum absolute atomic E-state index is 0.150. The Kier molecular flexibility index (Phi) is 4.43. The molecule has 0 aliphatic rings. The van der Waals surface area contributed by atoms with E-state index in [-0.39, 0.29) is 5.91 Å². The molecule has 0 atom stereocenters. The second-order valence-electron chi connectivity index (χ2n) is 5.97. The molecule has 0 saturated heterocycles. The van der Waals surface area contributed by atoms with Crippen LogP contribution in [0.15, 0.2) is 48.5 Å². The van der Waals surface area contributed by atoms with Crippen LogP contribution in [0.5, 0.6) is 0 Å². The molecule has 0 spiro atoms. The molecular formula is C18H22N2O. The SMILES string of the molecule is Cc1cccc(-c2cccc(CNC(=O)C(C)(C)N)c2)c1. The molecule has 3 N–H and O–H groups in total. The smallest absolute Gasteiger partial charge is 0.239 e. The zero-order valence-electron chi connectivity index (χ0n) is 12.8. The highest BCUT2D eigenvalue weighted by molar-refractivity contribution is 5.85. The maximum absolute atomic E-state index is 11.8. The maximum atomic E-state index is 11.8. The van der Waals surface area contributed by atoms with Gasteiger partial charge in [0.25, 0.3) is 0 Å². The number of carbonyl (C=O) groups is 1. The van der Waals surface area contributed by atoms with E-state index in [0.29, 0.717) is 6.54 Å². The summed E-state index contributed by atoms with van der Waals surface area (Å²) < 4.78 is 0. The number of hydrogen-bond acceptors (Lipinski definition) is 2. The number of nitrogens with two attached hydrogens (primary N) is 1. The highest BCUT2D eigenvalue weighted by Gasteiger charge is 2.21. The predicted molar refractivity (Wildman–Crippen MR) is 86.7 cm³/mol. The fourth-order valence-electron chi connectivity index (χ4n) is 2.10. The van der Waals surface area contributed by atoms with Crippen molar-refractivity contribution in [2.45, 2.75) is 32.9 Å². The molecule has 0 bridgehead atoms. The summed E-state index contributed by atoms with van der Waals surface area (Å²) in [7, 11) is 0. The normalized spacial score (nSPS) is 11.2. The molecular weight excluding hydrogens is 260 g/mol. The van der Waals surface area contributed by atoms with E-state index < -0.39 is 5.54 Å². The summed E-state index contributed by atoms with van der Waals surface area (Å²) in [6.45, 7) is 5.97. The van der Waals surface area contributed by atoms with Gasteiger partial charge in [-0.25, -0.2) is 0 Å². The number of hydrogen-bond donors (Lipinski definition) is 2. The second kappa shape index (κ2) is 6.10. The molecule has 0 heterocycles. The van der Waals surface area contributed by atoms with Crippen molar-refractivity contribution >= 4 is 5.91 Å². The topological polar surface area (TPSA) is 55.1 Å². The first-order valence-corrected chi connectivity index (χ1v) is 7.09. The van der Waals surface area contributed by atoms with Crippen molar-refractivity contribution in [1.82, 2.24) is 5.32 Å². The number of amides is 1. The second-order valence-corrected chi connectivity index (χ2v) is 5.97. The lowest BCUT2D eigenvalue weighted by Crippen LogP contribution is -2.48.